The van der Waals surface area contributed by atoms with Crippen LogP contribution in [-0.2, 0) is 14.3 Å². The van der Waals surface area contributed by atoms with E-state index in [0.29, 0.717) is 39.4 Å². The van der Waals surface area contributed by atoms with Crippen LogP contribution in [0.25, 0.3) is 11.1 Å². The number of hydrogen-bond acceptors (Lipinski definition) is 7. The van der Waals surface area contributed by atoms with Gasteiger partial charge in [-0.25, -0.2) is 9.97 Å². The molecule has 168 valence electrons. The first-order valence-corrected chi connectivity index (χ1v) is 11.0. The van der Waals surface area contributed by atoms with Gasteiger partial charge in [-0.2, -0.15) is 0 Å². The fourth-order valence-corrected chi connectivity index (χ4v) is 3.66. The fourth-order valence-electron chi connectivity index (χ4n) is 3.25. The Labute approximate surface area is 192 Å². The van der Waals surface area contributed by atoms with Gasteiger partial charge in [0.1, 0.15) is 11.0 Å². The quantitative estimate of drug-likeness (QED) is 0.441. The summed E-state index contributed by atoms with van der Waals surface area (Å²) >= 11 is 12.5. The Morgan fingerprint density at radius 1 is 1.03 bits per heavy atom. The monoisotopic (exact) mass is 467 g/mol. The maximum absolute atomic E-state index is 10.6. The number of pyridine rings is 2. The van der Waals surface area contributed by atoms with E-state index in [4.69, 9.17) is 32.7 Å². The van der Waals surface area contributed by atoms with Crippen LogP contribution in [0.15, 0.2) is 24.5 Å². The molecular formula is C21H27Cl2N5O3. The number of nitrogens with zero attached hydrogens (tertiary/aromatic N) is 2. The molecule has 0 aliphatic carbocycles. The summed E-state index contributed by atoms with van der Waals surface area (Å²) < 4.78 is 10.4. The van der Waals surface area contributed by atoms with Crippen LogP contribution < -0.4 is 16.0 Å². The van der Waals surface area contributed by atoms with Crippen molar-refractivity contribution in [2.45, 2.75) is 12.8 Å². The summed E-state index contributed by atoms with van der Waals surface area (Å²) in [4.78, 5) is 18.9. The molecule has 2 aliphatic rings. The first-order valence-electron chi connectivity index (χ1n) is 10.3. The molecule has 0 aromatic carbocycles. The van der Waals surface area contributed by atoms with Crippen molar-refractivity contribution in [1.29, 1.82) is 0 Å². The van der Waals surface area contributed by atoms with Gasteiger partial charge < -0.3 is 25.4 Å². The van der Waals surface area contributed by atoms with Gasteiger partial charge in [0.25, 0.3) is 0 Å². The Hall–Kier alpha value is -1.97. The van der Waals surface area contributed by atoms with Crippen LogP contribution in [0, 0.1) is 5.92 Å². The Kier molecular flexibility index (Phi) is 9.77. The maximum atomic E-state index is 10.6. The Morgan fingerprint density at radius 2 is 1.77 bits per heavy atom. The average Bonchev–Trinajstić information content (AvgIpc) is 2.82. The van der Waals surface area contributed by atoms with Gasteiger partial charge in [0, 0.05) is 50.2 Å². The van der Waals surface area contributed by atoms with E-state index >= 15 is 0 Å². The first-order chi connectivity index (χ1) is 15.2. The number of anilines is 2. The molecule has 31 heavy (non-hydrogen) atoms. The van der Waals surface area contributed by atoms with Crippen LogP contribution >= 0.6 is 23.2 Å². The summed E-state index contributed by atoms with van der Waals surface area (Å²) in [5.74, 6) is 0.979. The van der Waals surface area contributed by atoms with Crippen molar-refractivity contribution in [3.05, 3.63) is 34.7 Å². The molecule has 0 radical (unpaired) electrons. The molecule has 3 N–H and O–H groups in total. The molecule has 2 saturated heterocycles. The maximum Gasteiger partial charge on any atom is 0.212 e. The zero-order valence-corrected chi connectivity index (χ0v) is 18.7. The third-order valence-corrected chi connectivity index (χ3v) is 5.58. The number of nitrogens with one attached hydrogen (secondary N) is 3. The topological polar surface area (TPSA) is 97.4 Å². The highest BCUT2D eigenvalue weighted by Gasteiger charge is 2.15. The molecule has 0 saturated carbocycles. The third kappa shape index (κ3) is 7.59. The number of carbonyl (C=O) groups is 1. The second kappa shape index (κ2) is 12.8. The van der Waals surface area contributed by atoms with Crippen LogP contribution in [0.5, 0.6) is 0 Å². The van der Waals surface area contributed by atoms with Crippen molar-refractivity contribution in [3.63, 3.8) is 0 Å². The predicted molar refractivity (Wildman–Crippen MR) is 123 cm³/mol. The summed E-state index contributed by atoms with van der Waals surface area (Å²) in [7, 11) is 0. The molecule has 2 aromatic rings. The number of morpholine rings is 1. The largest absolute Gasteiger partial charge is 0.384 e. The van der Waals surface area contributed by atoms with Gasteiger partial charge in [-0.05, 0) is 30.9 Å². The van der Waals surface area contributed by atoms with Gasteiger partial charge in [-0.1, -0.05) is 23.2 Å². The second-order valence-corrected chi connectivity index (χ2v) is 7.94. The molecule has 2 aromatic heterocycles. The van der Waals surface area contributed by atoms with Gasteiger partial charge in [-0.15, -0.1) is 0 Å². The molecule has 10 heteroatoms. The molecule has 0 bridgehead atoms. The SMILES string of the molecule is C1COCCN1.O=CNc1cc(-c2cc(NCC3CCOCC3)cnc2Cl)c(Cl)cn1. The van der Waals surface area contributed by atoms with Gasteiger partial charge >= 0.3 is 0 Å². The highest BCUT2D eigenvalue weighted by Crippen LogP contribution is 2.34. The smallest absolute Gasteiger partial charge is 0.212 e. The van der Waals surface area contributed by atoms with Gasteiger partial charge in [0.05, 0.1) is 30.1 Å². The van der Waals surface area contributed by atoms with Crippen molar-refractivity contribution in [1.82, 2.24) is 15.3 Å². The molecule has 0 spiro atoms. The molecule has 4 heterocycles. The Morgan fingerprint density at radius 3 is 2.42 bits per heavy atom. The molecule has 2 aliphatic heterocycles. The molecule has 8 nitrogen and oxygen atoms in total. The molecule has 2 fully saturated rings. The number of rotatable bonds is 6. The van der Waals surface area contributed by atoms with E-state index in [1.165, 1.54) is 6.20 Å². The molecule has 1 amide bonds. The Bertz CT molecular complexity index is 834. The standard InChI is InChI=1S/C17H18Cl2N4O2.C4H9NO/c18-15-9-21-16(23-10-24)6-13(15)14-5-12(8-22-17(14)19)20-7-11-1-3-25-4-2-11;1-3-6-4-2-5-1/h5-6,8-11,20H,1-4,7H2,(H,21,23,24);5H,1-4H2. The van der Waals surface area contributed by atoms with E-state index in [-0.39, 0.29) is 0 Å². The van der Waals surface area contributed by atoms with E-state index in [9.17, 15) is 4.79 Å². The van der Waals surface area contributed by atoms with E-state index in [1.54, 1.807) is 12.3 Å². The summed E-state index contributed by atoms with van der Waals surface area (Å²) in [5, 5.41) is 9.84. The lowest BCUT2D eigenvalue weighted by atomic mass is 10.0. The van der Waals surface area contributed by atoms with Crippen molar-refractivity contribution in [3.8, 4) is 11.1 Å². The van der Waals surface area contributed by atoms with Crippen molar-refractivity contribution in [2.24, 2.45) is 5.92 Å². The number of amides is 1. The number of halogens is 2. The molecule has 0 unspecified atom stereocenters. The summed E-state index contributed by atoms with van der Waals surface area (Å²) in [5.41, 5.74) is 2.21. The minimum Gasteiger partial charge on any atom is -0.384 e. The van der Waals surface area contributed by atoms with Gasteiger partial charge in [0.2, 0.25) is 6.41 Å². The van der Waals surface area contributed by atoms with Gasteiger partial charge in [-0.3, -0.25) is 4.79 Å². The minimum atomic E-state index is 0.335. The van der Waals surface area contributed by atoms with Crippen LogP contribution in [0.2, 0.25) is 10.2 Å². The lowest BCUT2D eigenvalue weighted by Crippen LogP contribution is -2.30. The average molecular weight is 468 g/mol. The summed E-state index contributed by atoms with van der Waals surface area (Å²) in [6.45, 7) is 6.32. The lowest BCUT2D eigenvalue weighted by molar-refractivity contribution is -0.105. The van der Waals surface area contributed by atoms with Crippen molar-refractivity contribution >= 4 is 41.1 Å². The normalized spacial score (nSPS) is 16.7. The lowest BCUT2D eigenvalue weighted by Gasteiger charge is -2.22. The van der Waals surface area contributed by atoms with Crippen LogP contribution in [0.4, 0.5) is 11.5 Å². The van der Waals surface area contributed by atoms with E-state index in [1.807, 2.05) is 6.07 Å². The molecule has 4 rings (SSSR count). The Balaban J connectivity index is 0.000000391. The first kappa shape index (κ1) is 23.7. The predicted octanol–water partition coefficient (Wildman–Crippen LogP) is 3.46. The van der Waals surface area contributed by atoms with Crippen LogP contribution in [0.3, 0.4) is 0 Å². The van der Waals surface area contributed by atoms with Gasteiger partial charge in [0.15, 0.2) is 0 Å². The highest BCUT2D eigenvalue weighted by molar-refractivity contribution is 6.36. The van der Waals surface area contributed by atoms with E-state index < -0.39 is 0 Å². The molecular weight excluding hydrogens is 441 g/mol. The number of aromatic nitrogens is 2. The van der Waals surface area contributed by atoms with Crippen molar-refractivity contribution < 1.29 is 14.3 Å². The number of carbonyl (C=O) groups excluding carboxylic acids is 1. The molecule has 0 atom stereocenters. The van der Waals surface area contributed by atoms with Crippen molar-refractivity contribution in [2.75, 3.05) is 56.7 Å². The van der Waals surface area contributed by atoms with Crippen LogP contribution in [0.1, 0.15) is 12.8 Å². The number of ether oxygens (including phenoxy) is 2. The zero-order valence-electron chi connectivity index (χ0n) is 17.2. The summed E-state index contributed by atoms with van der Waals surface area (Å²) in [6.07, 6.45) is 5.84. The minimum absolute atomic E-state index is 0.335. The van der Waals surface area contributed by atoms with E-state index in [2.05, 4.69) is 25.9 Å². The summed E-state index contributed by atoms with van der Waals surface area (Å²) in [6, 6.07) is 3.57. The number of hydrogen-bond donors (Lipinski definition) is 3. The third-order valence-electron chi connectivity index (χ3n) is 4.97. The van der Waals surface area contributed by atoms with E-state index in [0.717, 1.165) is 64.6 Å². The highest BCUT2D eigenvalue weighted by atomic mass is 35.5. The zero-order chi connectivity index (χ0) is 21.9. The fraction of sp³-hybridized carbons (Fsp3) is 0.476. The second-order valence-electron chi connectivity index (χ2n) is 7.17. The van der Waals surface area contributed by atoms with Crippen LogP contribution in [-0.4, -0.2) is 62.4 Å².